The maximum atomic E-state index is 5.60. The Labute approximate surface area is 106 Å². The molecule has 102 valence electrons. The normalized spacial score (nSPS) is 19.6. The molecule has 0 aliphatic heterocycles. The van der Waals surface area contributed by atoms with Crippen LogP contribution in [0.4, 0.5) is 0 Å². The molecule has 0 spiro atoms. The predicted molar refractivity (Wildman–Crippen MR) is 71.3 cm³/mol. The third kappa shape index (κ3) is 5.84. The van der Waals surface area contributed by atoms with E-state index in [1.54, 1.807) is 7.11 Å². The lowest BCUT2D eigenvalue weighted by atomic mass is 9.81. The molecule has 0 bridgehead atoms. The van der Waals surface area contributed by atoms with Crippen molar-refractivity contribution in [2.75, 3.05) is 33.5 Å². The van der Waals surface area contributed by atoms with Gasteiger partial charge in [0.25, 0.3) is 0 Å². The Morgan fingerprint density at radius 1 is 1.24 bits per heavy atom. The maximum Gasteiger partial charge on any atom is 0.0700 e. The molecule has 1 atom stereocenters. The Morgan fingerprint density at radius 2 is 1.94 bits per heavy atom. The van der Waals surface area contributed by atoms with E-state index in [2.05, 4.69) is 26.1 Å². The van der Waals surface area contributed by atoms with Gasteiger partial charge in [0.05, 0.1) is 13.2 Å². The van der Waals surface area contributed by atoms with Crippen LogP contribution >= 0.6 is 0 Å². The highest BCUT2D eigenvalue weighted by atomic mass is 16.5. The van der Waals surface area contributed by atoms with Crippen LogP contribution < -0.4 is 5.32 Å². The van der Waals surface area contributed by atoms with E-state index in [-0.39, 0.29) is 0 Å². The molecule has 1 unspecified atom stereocenters. The van der Waals surface area contributed by atoms with Gasteiger partial charge in [-0.2, -0.15) is 0 Å². The summed E-state index contributed by atoms with van der Waals surface area (Å²) < 4.78 is 10.6. The van der Waals surface area contributed by atoms with E-state index in [0.29, 0.717) is 18.1 Å². The van der Waals surface area contributed by atoms with E-state index in [4.69, 9.17) is 9.47 Å². The van der Waals surface area contributed by atoms with Gasteiger partial charge in [0.15, 0.2) is 0 Å². The van der Waals surface area contributed by atoms with Gasteiger partial charge in [-0.1, -0.05) is 20.8 Å². The van der Waals surface area contributed by atoms with Crippen LogP contribution in [0.25, 0.3) is 0 Å². The first kappa shape index (κ1) is 14.9. The zero-order valence-electron chi connectivity index (χ0n) is 11.9. The number of ether oxygens (including phenoxy) is 2. The van der Waals surface area contributed by atoms with Crippen molar-refractivity contribution in [3.8, 4) is 0 Å². The van der Waals surface area contributed by atoms with E-state index in [9.17, 15) is 0 Å². The van der Waals surface area contributed by atoms with Crippen molar-refractivity contribution in [2.24, 2.45) is 11.3 Å². The molecule has 1 aliphatic rings. The fourth-order valence-electron chi connectivity index (χ4n) is 2.20. The number of hydrogen-bond acceptors (Lipinski definition) is 3. The van der Waals surface area contributed by atoms with Gasteiger partial charge < -0.3 is 14.8 Å². The molecule has 0 amide bonds. The minimum atomic E-state index is 0.414. The van der Waals surface area contributed by atoms with Crippen molar-refractivity contribution in [3.63, 3.8) is 0 Å². The van der Waals surface area contributed by atoms with Gasteiger partial charge in [0, 0.05) is 26.3 Å². The average molecular weight is 243 g/mol. The summed E-state index contributed by atoms with van der Waals surface area (Å²) in [6, 6.07) is 0.572. The zero-order valence-corrected chi connectivity index (χ0v) is 11.9. The summed E-state index contributed by atoms with van der Waals surface area (Å²) in [5.74, 6) is 0.903. The second-order valence-corrected chi connectivity index (χ2v) is 5.82. The lowest BCUT2D eigenvalue weighted by molar-refractivity contribution is 0.0491. The Kier molecular flexibility index (Phi) is 6.45. The first-order valence-corrected chi connectivity index (χ1v) is 6.88. The highest BCUT2D eigenvalue weighted by Gasteiger charge is 2.40. The highest BCUT2D eigenvalue weighted by molar-refractivity contribution is 4.92. The molecule has 3 heteroatoms. The van der Waals surface area contributed by atoms with Gasteiger partial charge in [-0.3, -0.25) is 0 Å². The van der Waals surface area contributed by atoms with E-state index in [1.165, 1.54) is 12.8 Å². The smallest absolute Gasteiger partial charge is 0.0700 e. The van der Waals surface area contributed by atoms with Crippen molar-refractivity contribution < 1.29 is 9.47 Å². The standard InChI is InChI=1S/C14H29NO2/c1-12(2)15-11-14(3,13-5-6-13)7-8-17-10-9-16-4/h12-13,15H,5-11H2,1-4H3. The lowest BCUT2D eigenvalue weighted by Crippen LogP contribution is -2.38. The molecule has 0 heterocycles. The van der Waals surface area contributed by atoms with Crippen LogP contribution in [0.5, 0.6) is 0 Å². The zero-order chi connectivity index (χ0) is 12.7. The molecule has 0 aromatic rings. The summed E-state index contributed by atoms with van der Waals surface area (Å²) in [5.41, 5.74) is 0.414. The monoisotopic (exact) mass is 243 g/mol. The molecule has 0 radical (unpaired) electrons. The van der Waals surface area contributed by atoms with E-state index < -0.39 is 0 Å². The molecule has 3 nitrogen and oxygen atoms in total. The highest BCUT2D eigenvalue weighted by Crippen LogP contribution is 2.47. The van der Waals surface area contributed by atoms with E-state index in [1.807, 2.05) is 0 Å². The third-order valence-electron chi connectivity index (χ3n) is 3.73. The van der Waals surface area contributed by atoms with Crippen LogP contribution in [-0.2, 0) is 9.47 Å². The topological polar surface area (TPSA) is 30.5 Å². The van der Waals surface area contributed by atoms with Crippen molar-refractivity contribution in [1.82, 2.24) is 5.32 Å². The maximum absolute atomic E-state index is 5.60. The van der Waals surface area contributed by atoms with Crippen LogP contribution in [0.3, 0.4) is 0 Å². The SMILES string of the molecule is COCCOCCC(C)(CNC(C)C)C1CC1. The molecule has 17 heavy (non-hydrogen) atoms. The van der Waals surface area contributed by atoms with Crippen LogP contribution in [0.2, 0.25) is 0 Å². The van der Waals surface area contributed by atoms with Gasteiger partial charge >= 0.3 is 0 Å². The molecule has 1 N–H and O–H groups in total. The van der Waals surface area contributed by atoms with Crippen molar-refractivity contribution in [3.05, 3.63) is 0 Å². The molecule has 1 saturated carbocycles. The minimum absolute atomic E-state index is 0.414. The van der Waals surface area contributed by atoms with Crippen LogP contribution in [0.15, 0.2) is 0 Å². The van der Waals surface area contributed by atoms with Crippen LogP contribution in [0.1, 0.15) is 40.0 Å². The Balaban J connectivity index is 2.22. The van der Waals surface area contributed by atoms with Gasteiger partial charge in [-0.15, -0.1) is 0 Å². The fourth-order valence-corrected chi connectivity index (χ4v) is 2.20. The summed E-state index contributed by atoms with van der Waals surface area (Å²) in [6.45, 7) is 10.2. The summed E-state index contributed by atoms with van der Waals surface area (Å²) in [6.07, 6.45) is 3.95. The lowest BCUT2D eigenvalue weighted by Gasteiger charge is -2.31. The van der Waals surface area contributed by atoms with Gasteiger partial charge in [0.1, 0.15) is 0 Å². The third-order valence-corrected chi connectivity index (χ3v) is 3.73. The molecule has 1 aliphatic carbocycles. The minimum Gasteiger partial charge on any atom is -0.382 e. The molecular weight excluding hydrogens is 214 g/mol. The number of nitrogens with one attached hydrogen (secondary N) is 1. The largest absolute Gasteiger partial charge is 0.382 e. The van der Waals surface area contributed by atoms with Crippen LogP contribution in [-0.4, -0.2) is 39.5 Å². The van der Waals surface area contributed by atoms with Crippen molar-refractivity contribution in [1.29, 1.82) is 0 Å². The molecular formula is C14H29NO2. The van der Waals surface area contributed by atoms with E-state index in [0.717, 1.165) is 32.1 Å². The molecule has 0 saturated heterocycles. The Hall–Kier alpha value is -0.120. The number of rotatable bonds is 10. The van der Waals surface area contributed by atoms with Crippen LogP contribution in [0, 0.1) is 11.3 Å². The van der Waals surface area contributed by atoms with Crippen molar-refractivity contribution >= 4 is 0 Å². The number of hydrogen-bond donors (Lipinski definition) is 1. The Bertz CT molecular complexity index is 204. The second kappa shape index (κ2) is 7.34. The van der Waals surface area contributed by atoms with Gasteiger partial charge in [-0.05, 0) is 30.6 Å². The van der Waals surface area contributed by atoms with Crippen molar-refractivity contribution in [2.45, 2.75) is 46.1 Å². The summed E-state index contributed by atoms with van der Waals surface area (Å²) in [4.78, 5) is 0. The molecule has 1 fully saturated rings. The first-order chi connectivity index (χ1) is 8.08. The molecule has 1 rings (SSSR count). The fraction of sp³-hybridized carbons (Fsp3) is 1.00. The number of methoxy groups -OCH3 is 1. The van der Waals surface area contributed by atoms with Gasteiger partial charge in [0.2, 0.25) is 0 Å². The Morgan fingerprint density at radius 3 is 2.47 bits per heavy atom. The first-order valence-electron chi connectivity index (χ1n) is 6.88. The van der Waals surface area contributed by atoms with E-state index >= 15 is 0 Å². The quantitative estimate of drug-likeness (QED) is 0.598. The summed E-state index contributed by atoms with van der Waals surface area (Å²) in [7, 11) is 1.71. The molecule has 0 aromatic heterocycles. The summed E-state index contributed by atoms with van der Waals surface area (Å²) in [5, 5.41) is 3.58. The second-order valence-electron chi connectivity index (χ2n) is 5.82. The molecule has 0 aromatic carbocycles. The van der Waals surface area contributed by atoms with Gasteiger partial charge in [-0.25, -0.2) is 0 Å². The average Bonchev–Trinajstić information content (AvgIpc) is 3.10. The predicted octanol–water partition coefficient (Wildman–Crippen LogP) is 2.45. The summed E-state index contributed by atoms with van der Waals surface area (Å²) >= 11 is 0.